The Morgan fingerprint density at radius 2 is 2.22 bits per heavy atom. The predicted molar refractivity (Wildman–Crippen MR) is 70.5 cm³/mol. The Hall–Kier alpha value is -1.39. The van der Waals surface area contributed by atoms with Crippen molar-refractivity contribution >= 4 is 28.9 Å². The molecule has 0 unspecified atom stereocenters. The summed E-state index contributed by atoms with van der Waals surface area (Å²) in [5.74, 6) is -0.973. The smallest absolute Gasteiger partial charge is 0.355 e. The number of hydrogen-bond donors (Lipinski definition) is 1. The highest BCUT2D eigenvalue weighted by atomic mass is 35.5. The second-order valence-corrected chi connectivity index (χ2v) is 5.73. The van der Waals surface area contributed by atoms with E-state index in [4.69, 9.17) is 16.7 Å². The van der Waals surface area contributed by atoms with E-state index in [1.165, 1.54) is 11.3 Å². The van der Waals surface area contributed by atoms with Gasteiger partial charge in [0.05, 0.1) is 0 Å². The lowest BCUT2D eigenvalue weighted by Gasteiger charge is -2.12. The molecule has 1 N–H and O–H groups in total. The van der Waals surface area contributed by atoms with Crippen LogP contribution in [0.15, 0.2) is 29.6 Å². The Labute approximate surface area is 113 Å². The number of hydrogen-bond acceptors (Lipinski definition) is 3. The monoisotopic (exact) mass is 279 g/mol. The lowest BCUT2D eigenvalue weighted by Crippen LogP contribution is -2.09. The van der Waals surface area contributed by atoms with Gasteiger partial charge in [-0.3, -0.25) is 0 Å². The molecule has 1 aromatic carbocycles. The van der Waals surface area contributed by atoms with E-state index in [9.17, 15) is 4.79 Å². The van der Waals surface area contributed by atoms with Gasteiger partial charge in [0.2, 0.25) is 0 Å². The third-order valence-corrected chi connectivity index (χ3v) is 4.54. The first kappa shape index (κ1) is 11.7. The molecule has 3 rings (SSSR count). The summed E-state index contributed by atoms with van der Waals surface area (Å²) in [4.78, 5) is 15.1. The number of carboxylic acids is 1. The topological polar surface area (TPSA) is 50.2 Å². The van der Waals surface area contributed by atoms with Gasteiger partial charge in [-0.2, -0.15) is 0 Å². The van der Waals surface area contributed by atoms with Crippen molar-refractivity contribution in [2.75, 3.05) is 0 Å². The fourth-order valence-electron chi connectivity index (χ4n) is 2.13. The molecule has 1 aliphatic carbocycles. The molecule has 5 heteroatoms. The molecule has 0 radical (unpaired) electrons. The van der Waals surface area contributed by atoms with Crippen molar-refractivity contribution in [2.45, 2.75) is 18.3 Å². The van der Waals surface area contributed by atoms with Gasteiger partial charge in [0.15, 0.2) is 5.69 Å². The molecule has 0 amide bonds. The van der Waals surface area contributed by atoms with Crippen LogP contribution in [0, 0.1) is 0 Å². The van der Waals surface area contributed by atoms with Crippen molar-refractivity contribution in [2.24, 2.45) is 0 Å². The largest absolute Gasteiger partial charge is 0.476 e. The lowest BCUT2D eigenvalue weighted by molar-refractivity contribution is 0.0691. The predicted octanol–water partition coefficient (Wildman–Crippen LogP) is 3.57. The highest BCUT2D eigenvalue weighted by molar-refractivity contribution is 7.10. The van der Waals surface area contributed by atoms with E-state index in [1.54, 1.807) is 5.38 Å². The number of aromatic nitrogens is 1. The molecule has 1 saturated carbocycles. The van der Waals surface area contributed by atoms with Gasteiger partial charge in [0.1, 0.15) is 5.01 Å². The van der Waals surface area contributed by atoms with E-state index >= 15 is 0 Å². The summed E-state index contributed by atoms with van der Waals surface area (Å²) in [6, 6.07) is 7.73. The molecule has 0 bridgehead atoms. The van der Waals surface area contributed by atoms with E-state index in [0.29, 0.717) is 5.02 Å². The third-order valence-electron chi connectivity index (χ3n) is 3.26. The van der Waals surface area contributed by atoms with Gasteiger partial charge in [0.25, 0.3) is 0 Å². The summed E-state index contributed by atoms with van der Waals surface area (Å²) in [5, 5.41) is 12.1. The van der Waals surface area contributed by atoms with E-state index in [-0.39, 0.29) is 11.1 Å². The Morgan fingerprint density at radius 1 is 1.44 bits per heavy atom. The minimum atomic E-state index is -0.973. The van der Waals surface area contributed by atoms with Crippen molar-refractivity contribution in [1.29, 1.82) is 0 Å². The molecule has 0 atom stereocenters. The zero-order valence-electron chi connectivity index (χ0n) is 9.39. The standard InChI is InChI=1S/C13H10ClNO2S/c14-9-3-1-2-8(6-9)13(4-5-13)12-15-10(7-18-12)11(16)17/h1-3,6-7H,4-5H2,(H,16,17). The van der Waals surface area contributed by atoms with Gasteiger partial charge in [-0.05, 0) is 30.5 Å². The van der Waals surface area contributed by atoms with Crippen LogP contribution in [0.1, 0.15) is 33.9 Å². The van der Waals surface area contributed by atoms with Gasteiger partial charge in [-0.1, -0.05) is 23.7 Å². The van der Waals surface area contributed by atoms with Gasteiger partial charge >= 0.3 is 5.97 Å². The lowest BCUT2D eigenvalue weighted by atomic mass is 9.97. The number of aromatic carboxylic acids is 1. The van der Waals surface area contributed by atoms with E-state index in [1.807, 2.05) is 24.3 Å². The van der Waals surface area contributed by atoms with Crippen LogP contribution in [0.2, 0.25) is 5.02 Å². The molecule has 1 aliphatic rings. The average molecular weight is 280 g/mol. The van der Waals surface area contributed by atoms with Crippen molar-refractivity contribution in [3.8, 4) is 0 Å². The average Bonchev–Trinajstić information content (AvgIpc) is 2.99. The van der Waals surface area contributed by atoms with E-state index in [2.05, 4.69) is 4.98 Å². The second-order valence-electron chi connectivity index (χ2n) is 4.44. The SMILES string of the molecule is O=C(O)c1csc(C2(c3cccc(Cl)c3)CC2)n1. The van der Waals surface area contributed by atoms with Crippen molar-refractivity contribution in [3.63, 3.8) is 0 Å². The maximum atomic E-state index is 10.9. The minimum absolute atomic E-state index is 0.108. The molecule has 1 fully saturated rings. The molecule has 0 spiro atoms. The minimum Gasteiger partial charge on any atom is -0.476 e. The highest BCUT2D eigenvalue weighted by Crippen LogP contribution is 2.54. The number of benzene rings is 1. The maximum Gasteiger partial charge on any atom is 0.355 e. The highest BCUT2D eigenvalue weighted by Gasteiger charge is 2.48. The van der Waals surface area contributed by atoms with Crippen LogP contribution < -0.4 is 0 Å². The van der Waals surface area contributed by atoms with Crippen LogP contribution in [-0.2, 0) is 5.41 Å². The molecular weight excluding hydrogens is 270 g/mol. The Kier molecular flexibility index (Phi) is 2.64. The van der Waals surface area contributed by atoms with E-state index < -0.39 is 5.97 Å². The van der Waals surface area contributed by atoms with Gasteiger partial charge in [-0.25, -0.2) is 9.78 Å². The van der Waals surface area contributed by atoms with Crippen LogP contribution in [-0.4, -0.2) is 16.1 Å². The molecular formula is C13H10ClNO2S. The quantitative estimate of drug-likeness (QED) is 0.934. The number of carboxylic acid groups (broad SMARTS) is 1. The summed E-state index contributed by atoms with van der Waals surface area (Å²) in [6.07, 6.45) is 2.00. The maximum absolute atomic E-state index is 10.9. The summed E-state index contributed by atoms with van der Waals surface area (Å²) >= 11 is 7.42. The fourth-order valence-corrected chi connectivity index (χ4v) is 3.39. The molecule has 1 heterocycles. The fraction of sp³-hybridized carbons (Fsp3) is 0.231. The zero-order chi connectivity index (χ0) is 12.8. The number of rotatable bonds is 3. The van der Waals surface area contributed by atoms with Crippen LogP contribution >= 0.6 is 22.9 Å². The number of halogens is 1. The number of nitrogens with zero attached hydrogens (tertiary/aromatic N) is 1. The normalized spacial score (nSPS) is 16.5. The molecule has 0 aliphatic heterocycles. The molecule has 3 nitrogen and oxygen atoms in total. The van der Waals surface area contributed by atoms with Crippen LogP contribution in [0.4, 0.5) is 0 Å². The summed E-state index contributed by atoms with van der Waals surface area (Å²) in [5.41, 5.74) is 1.15. The van der Waals surface area contributed by atoms with Crippen LogP contribution in [0.3, 0.4) is 0 Å². The van der Waals surface area contributed by atoms with Crippen LogP contribution in [0.5, 0.6) is 0 Å². The van der Waals surface area contributed by atoms with Gasteiger partial charge < -0.3 is 5.11 Å². The summed E-state index contributed by atoms with van der Waals surface area (Å²) in [6.45, 7) is 0. The Bertz CT molecular complexity index is 619. The molecule has 1 aromatic heterocycles. The van der Waals surface area contributed by atoms with Crippen LogP contribution in [0.25, 0.3) is 0 Å². The Morgan fingerprint density at radius 3 is 2.78 bits per heavy atom. The molecule has 92 valence electrons. The third kappa shape index (κ3) is 1.82. The van der Waals surface area contributed by atoms with Crippen molar-refractivity contribution < 1.29 is 9.90 Å². The first-order chi connectivity index (χ1) is 8.62. The Balaban J connectivity index is 2.02. The van der Waals surface area contributed by atoms with Gasteiger partial charge in [-0.15, -0.1) is 11.3 Å². The van der Waals surface area contributed by atoms with Crippen molar-refractivity contribution in [3.05, 3.63) is 50.9 Å². The van der Waals surface area contributed by atoms with Crippen molar-refractivity contribution in [1.82, 2.24) is 4.98 Å². The first-order valence-corrected chi connectivity index (χ1v) is 6.83. The molecule has 0 saturated heterocycles. The van der Waals surface area contributed by atoms with Gasteiger partial charge in [0, 0.05) is 15.8 Å². The molecule has 18 heavy (non-hydrogen) atoms. The summed E-state index contributed by atoms with van der Waals surface area (Å²) in [7, 11) is 0. The zero-order valence-corrected chi connectivity index (χ0v) is 11.0. The number of carbonyl (C=O) groups is 1. The summed E-state index contributed by atoms with van der Waals surface area (Å²) < 4.78 is 0. The first-order valence-electron chi connectivity index (χ1n) is 5.57. The number of thiazole rings is 1. The second kappa shape index (κ2) is 4.07. The van der Waals surface area contributed by atoms with E-state index in [0.717, 1.165) is 23.4 Å². The molecule has 2 aromatic rings.